The Morgan fingerprint density at radius 3 is 2.00 bits per heavy atom. The summed E-state index contributed by atoms with van der Waals surface area (Å²) >= 11 is 0. The molecule has 0 aliphatic heterocycles. The van der Waals surface area contributed by atoms with E-state index in [0.29, 0.717) is 6.04 Å². The molecule has 2 aromatic rings. The van der Waals surface area contributed by atoms with E-state index in [9.17, 15) is 0 Å². The molecule has 0 saturated carbocycles. The molecule has 0 aliphatic carbocycles. The highest BCUT2D eigenvalue weighted by atomic mass is 15.2. The highest BCUT2D eigenvalue weighted by Crippen LogP contribution is 2.32. The van der Waals surface area contributed by atoms with Gasteiger partial charge in [-0.05, 0) is 69.4 Å². The summed E-state index contributed by atoms with van der Waals surface area (Å²) in [6.07, 6.45) is 9.97. The lowest BCUT2D eigenvalue weighted by Crippen LogP contribution is -2.30. The van der Waals surface area contributed by atoms with Crippen LogP contribution in [0.1, 0.15) is 82.7 Å². The maximum atomic E-state index is 4.59. The molecule has 0 saturated heterocycles. The van der Waals surface area contributed by atoms with Crippen molar-refractivity contribution in [2.45, 2.75) is 92.0 Å². The molecule has 2 heteroatoms. The number of rotatable bonds is 11. The summed E-state index contributed by atoms with van der Waals surface area (Å²) in [6.45, 7) is 11.0. The van der Waals surface area contributed by atoms with E-state index >= 15 is 0 Å². The highest BCUT2D eigenvalue weighted by molar-refractivity contribution is 5.65. The second-order valence-corrected chi connectivity index (χ2v) is 7.81. The summed E-state index contributed by atoms with van der Waals surface area (Å²) < 4.78 is 0. The minimum atomic E-state index is 0.525. The van der Waals surface area contributed by atoms with Gasteiger partial charge in [0.2, 0.25) is 0 Å². The molecule has 0 bridgehead atoms. The van der Waals surface area contributed by atoms with Crippen LogP contribution in [0.4, 0.5) is 11.4 Å². The van der Waals surface area contributed by atoms with Crippen LogP contribution in [0.2, 0.25) is 0 Å². The average Bonchev–Trinajstić information content (AvgIpc) is 2.65. The number of hydrogen-bond donors (Lipinski definition) is 0. The smallest absolute Gasteiger partial charge is 0.0449 e. The van der Waals surface area contributed by atoms with Crippen LogP contribution in [0.15, 0.2) is 36.4 Å². The van der Waals surface area contributed by atoms with Gasteiger partial charge in [0.1, 0.15) is 0 Å². The van der Waals surface area contributed by atoms with Crippen molar-refractivity contribution in [2.75, 3.05) is 4.90 Å². The van der Waals surface area contributed by atoms with Crippen molar-refractivity contribution in [3.63, 3.8) is 0 Å². The van der Waals surface area contributed by atoms with Gasteiger partial charge in [-0.25, -0.2) is 0 Å². The first kappa shape index (κ1) is 21.5. The first-order valence-electron chi connectivity index (χ1n) is 10.9. The van der Waals surface area contributed by atoms with Crippen LogP contribution in [-0.2, 0) is 6.42 Å². The number of pyridine rings is 1. The standard InChI is InChI=1S/C25H38N2/c1-6-9-11-12-22-14-16-24(17-15-22)27(23(8-3)13-10-7-2)25-18-20(4)26-21(5)19-25/h14-19,23H,6-13H2,1-5H3. The van der Waals surface area contributed by atoms with E-state index in [1.807, 2.05) is 0 Å². The zero-order valence-corrected chi connectivity index (χ0v) is 18.1. The predicted octanol–water partition coefficient (Wildman–Crippen LogP) is 7.54. The average molecular weight is 367 g/mol. The maximum absolute atomic E-state index is 4.59. The third kappa shape index (κ3) is 6.37. The number of aryl methyl sites for hydroxylation is 3. The lowest BCUT2D eigenvalue weighted by molar-refractivity contribution is 0.550. The third-order valence-corrected chi connectivity index (χ3v) is 5.36. The van der Waals surface area contributed by atoms with Crippen LogP contribution >= 0.6 is 0 Å². The first-order valence-corrected chi connectivity index (χ1v) is 10.9. The van der Waals surface area contributed by atoms with Crippen molar-refractivity contribution in [2.24, 2.45) is 0 Å². The van der Waals surface area contributed by atoms with E-state index in [4.69, 9.17) is 0 Å². The van der Waals surface area contributed by atoms with Gasteiger partial charge in [0, 0.05) is 28.8 Å². The summed E-state index contributed by atoms with van der Waals surface area (Å²) in [6, 6.07) is 14.3. The number of anilines is 2. The zero-order valence-electron chi connectivity index (χ0n) is 18.1. The third-order valence-electron chi connectivity index (χ3n) is 5.36. The molecule has 2 rings (SSSR count). The first-order chi connectivity index (χ1) is 13.1. The molecule has 1 atom stereocenters. The number of aromatic nitrogens is 1. The molecule has 0 radical (unpaired) electrons. The van der Waals surface area contributed by atoms with Gasteiger partial charge in [0.15, 0.2) is 0 Å². The minimum Gasteiger partial charge on any atom is -0.338 e. The number of benzene rings is 1. The number of nitrogens with zero attached hydrogens (tertiary/aromatic N) is 2. The van der Waals surface area contributed by atoms with Crippen molar-refractivity contribution in [1.82, 2.24) is 4.98 Å². The summed E-state index contributed by atoms with van der Waals surface area (Å²) in [4.78, 5) is 7.14. The lowest BCUT2D eigenvalue weighted by Gasteiger charge is -2.34. The summed E-state index contributed by atoms with van der Waals surface area (Å²) in [5.41, 5.74) is 6.23. The second-order valence-electron chi connectivity index (χ2n) is 7.81. The normalized spacial score (nSPS) is 12.2. The SMILES string of the molecule is CCCCCc1ccc(N(c2cc(C)nc(C)c2)C(CC)CCCC)cc1. The van der Waals surface area contributed by atoms with E-state index in [1.54, 1.807) is 0 Å². The Kier molecular flexibility index (Phi) is 8.84. The predicted molar refractivity (Wildman–Crippen MR) is 119 cm³/mol. The highest BCUT2D eigenvalue weighted by Gasteiger charge is 2.20. The monoisotopic (exact) mass is 366 g/mol. The van der Waals surface area contributed by atoms with Gasteiger partial charge in [0.05, 0.1) is 0 Å². The summed E-state index contributed by atoms with van der Waals surface area (Å²) in [5, 5.41) is 0. The second kappa shape index (κ2) is 11.1. The van der Waals surface area contributed by atoms with Crippen LogP contribution in [0.25, 0.3) is 0 Å². The van der Waals surface area contributed by atoms with Gasteiger partial charge in [-0.2, -0.15) is 0 Å². The van der Waals surface area contributed by atoms with Gasteiger partial charge < -0.3 is 4.90 Å². The molecule has 148 valence electrons. The zero-order chi connectivity index (χ0) is 19.6. The van der Waals surface area contributed by atoms with Gasteiger partial charge in [-0.15, -0.1) is 0 Å². The van der Waals surface area contributed by atoms with Crippen molar-refractivity contribution < 1.29 is 0 Å². The molecule has 0 fully saturated rings. The maximum Gasteiger partial charge on any atom is 0.0449 e. The van der Waals surface area contributed by atoms with Gasteiger partial charge in [0.25, 0.3) is 0 Å². The Bertz CT molecular complexity index is 655. The molecule has 1 aromatic carbocycles. The van der Waals surface area contributed by atoms with Crippen molar-refractivity contribution in [3.8, 4) is 0 Å². The number of hydrogen-bond acceptors (Lipinski definition) is 2. The Morgan fingerprint density at radius 2 is 1.44 bits per heavy atom. The van der Waals surface area contributed by atoms with Crippen molar-refractivity contribution >= 4 is 11.4 Å². The summed E-state index contributed by atoms with van der Waals surface area (Å²) in [5.74, 6) is 0. The van der Waals surface area contributed by atoms with Gasteiger partial charge in [-0.3, -0.25) is 4.98 Å². The molecule has 2 nitrogen and oxygen atoms in total. The van der Waals surface area contributed by atoms with E-state index in [2.05, 4.69) is 80.9 Å². The lowest BCUT2D eigenvalue weighted by atomic mass is 10.0. The molecule has 0 spiro atoms. The van der Waals surface area contributed by atoms with Crippen molar-refractivity contribution in [3.05, 3.63) is 53.3 Å². The molecule has 27 heavy (non-hydrogen) atoms. The molecule has 1 aromatic heterocycles. The fraction of sp³-hybridized carbons (Fsp3) is 0.560. The summed E-state index contributed by atoms with van der Waals surface area (Å²) in [7, 11) is 0. The molecule has 0 N–H and O–H groups in total. The number of unbranched alkanes of at least 4 members (excludes halogenated alkanes) is 3. The van der Waals surface area contributed by atoms with E-state index in [-0.39, 0.29) is 0 Å². The van der Waals surface area contributed by atoms with Crippen LogP contribution < -0.4 is 4.90 Å². The molecular weight excluding hydrogens is 328 g/mol. The van der Waals surface area contributed by atoms with E-state index in [0.717, 1.165) is 17.8 Å². The molecule has 1 unspecified atom stereocenters. The van der Waals surface area contributed by atoms with Crippen LogP contribution in [0.3, 0.4) is 0 Å². The molecular formula is C25H38N2. The van der Waals surface area contributed by atoms with Crippen LogP contribution in [-0.4, -0.2) is 11.0 Å². The molecule has 0 aliphatic rings. The largest absolute Gasteiger partial charge is 0.338 e. The van der Waals surface area contributed by atoms with Gasteiger partial charge >= 0.3 is 0 Å². The Balaban J connectivity index is 2.33. The van der Waals surface area contributed by atoms with Crippen LogP contribution in [0, 0.1) is 13.8 Å². The van der Waals surface area contributed by atoms with Gasteiger partial charge in [-0.1, -0.05) is 58.6 Å². The quantitative estimate of drug-likeness (QED) is 0.382. The minimum absolute atomic E-state index is 0.525. The Labute approximate surface area is 167 Å². The molecule has 1 heterocycles. The van der Waals surface area contributed by atoms with E-state index < -0.39 is 0 Å². The topological polar surface area (TPSA) is 16.1 Å². The molecule has 0 amide bonds. The van der Waals surface area contributed by atoms with Crippen molar-refractivity contribution in [1.29, 1.82) is 0 Å². The van der Waals surface area contributed by atoms with Crippen LogP contribution in [0.5, 0.6) is 0 Å². The van der Waals surface area contributed by atoms with E-state index in [1.165, 1.54) is 61.9 Å². The Morgan fingerprint density at radius 1 is 0.815 bits per heavy atom. The fourth-order valence-electron chi connectivity index (χ4n) is 3.88. The fourth-order valence-corrected chi connectivity index (χ4v) is 3.88. The Hall–Kier alpha value is -1.83.